The van der Waals surface area contributed by atoms with E-state index in [-0.39, 0.29) is 0 Å². The van der Waals surface area contributed by atoms with Crippen LogP contribution in [0.15, 0.2) is 15.6 Å². The first-order valence-corrected chi connectivity index (χ1v) is 10.5. The molecular weight excluding hydrogens is 370 g/mol. The number of hydrogen-bond donors (Lipinski definition) is 2. The first-order chi connectivity index (χ1) is 14.1. The Morgan fingerprint density at radius 1 is 1.24 bits per heavy atom. The number of aliphatic imine (C=N–C) groups is 1. The molecule has 0 aliphatic carbocycles. The first kappa shape index (κ1) is 22.9. The molecule has 2 rings (SSSR count). The first-order valence-electron chi connectivity index (χ1n) is 10.5. The van der Waals surface area contributed by atoms with Crippen molar-refractivity contribution in [2.45, 2.75) is 66.0 Å². The van der Waals surface area contributed by atoms with Crippen molar-refractivity contribution in [2.75, 3.05) is 19.8 Å². The highest BCUT2D eigenvalue weighted by Crippen LogP contribution is 2.22. The van der Waals surface area contributed by atoms with Crippen molar-refractivity contribution in [3.05, 3.63) is 29.2 Å². The van der Waals surface area contributed by atoms with Crippen LogP contribution in [-0.4, -0.2) is 45.6 Å². The van der Waals surface area contributed by atoms with Gasteiger partial charge in [0.1, 0.15) is 12.4 Å². The lowest BCUT2D eigenvalue weighted by Gasteiger charge is -2.11. The van der Waals surface area contributed by atoms with Crippen molar-refractivity contribution in [1.29, 1.82) is 0 Å². The molecule has 0 aliphatic rings. The summed E-state index contributed by atoms with van der Waals surface area (Å²) in [5.74, 6) is 3.61. The van der Waals surface area contributed by atoms with Gasteiger partial charge in [-0.25, -0.2) is 4.99 Å². The molecule has 9 nitrogen and oxygen atoms in total. The molecule has 0 bridgehead atoms. The van der Waals surface area contributed by atoms with Crippen molar-refractivity contribution in [3.8, 4) is 0 Å². The fraction of sp³-hybridized carbons (Fsp3) is 0.700. The Morgan fingerprint density at radius 3 is 2.69 bits per heavy atom. The Bertz CT molecular complexity index is 750. The van der Waals surface area contributed by atoms with Crippen LogP contribution >= 0.6 is 0 Å². The topological polar surface area (TPSA) is 102 Å². The Hall–Kier alpha value is -2.42. The lowest BCUT2D eigenvalue weighted by molar-refractivity contribution is 0.145. The number of aryl methyl sites for hydroxylation is 1. The Kier molecular flexibility index (Phi) is 9.63. The maximum atomic E-state index is 5.50. The van der Waals surface area contributed by atoms with E-state index in [9.17, 15) is 0 Å². The lowest BCUT2D eigenvalue weighted by Crippen LogP contribution is -2.37. The minimum atomic E-state index is 0.438. The highest BCUT2D eigenvalue weighted by atomic mass is 16.5. The van der Waals surface area contributed by atoms with Gasteiger partial charge >= 0.3 is 0 Å². The number of guanidine groups is 1. The normalized spacial score (nSPS) is 12.0. The number of aromatic nitrogens is 4. The molecular formula is C20H35N7O2. The summed E-state index contributed by atoms with van der Waals surface area (Å²) < 4.78 is 12.8. The van der Waals surface area contributed by atoms with E-state index in [4.69, 9.17) is 9.26 Å². The van der Waals surface area contributed by atoms with Gasteiger partial charge in [-0.15, -0.1) is 10.2 Å². The van der Waals surface area contributed by atoms with Crippen LogP contribution in [0.5, 0.6) is 0 Å². The molecule has 0 amide bonds. The maximum absolute atomic E-state index is 5.50. The van der Waals surface area contributed by atoms with E-state index in [0.717, 1.165) is 62.1 Å². The summed E-state index contributed by atoms with van der Waals surface area (Å²) in [5.41, 5.74) is 1.02. The third-order valence-electron chi connectivity index (χ3n) is 4.93. The van der Waals surface area contributed by atoms with Crippen molar-refractivity contribution >= 4 is 5.96 Å². The number of nitrogens with zero attached hydrogens (tertiary/aromatic N) is 5. The van der Waals surface area contributed by atoms with Gasteiger partial charge in [0.2, 0.25) is 0 Å². The number of nitrogens with one attached hydrogen (secondary N) is 2. The average molecular weight is 406 g/mol. The molecule has 0 radical (unpaired) electrons. The second-order valence-corrected chi connectivity index (χ2v) is 6.95. The standard InChI is InChI=1S/C20H35N7O2/c1-6-16(7-2)18-12-17(29-26-18)13-22-20(21-10-9-11-28-8-3)23-14-19-25-24-15(4)27(19)5/h12,16H,6-11,13-14H2,1-5H3,(H2,21,22,23). The highest BCUT2D eigenvalue weighted by molar-refractivity contribution is 5.79. The molecule has 29 heavy (non-hydrogen) atoms. The number of hydrogen-bond acceptors (Lipinski definition) is 6. The minimum absolute atomic E-state index is 0.438. The molecule has 0 saturated carbocycles. The molecule has 0 spiro atoms. The van der Waals surface area contributed by atoms with Gasteiger partial charge in [0.15, 0.2) is 17.5 Å². The van der Waals surface area contributed by atoms with E-state index >= 15 is 0 Å². The van der Waals surface area contributed by atoms with E-state index in [2.05, 4.69) is 44.8 Å². The van der Waals surface area contributed by atoms with Gasteiger partial charge in [-0.2, -0.15) is 0 Å². The molecule has 2 aromatic rings. The molecule has 0 fully saturated rings. The number of ether oxygens (including phenoxy) is 1. The van der Waals surface area contributed by atoms with Crippen molar-refractivity contribution in [3.63, 3.8) is 0 Å². The second kappa shape index (κ2) is 12.2. The summed E-state index contributed by atoms with van der Waals surface area (Å²) in [5, 5.41) is 19.1. The number of rotatable bonds is 12. The predicted octanol–water partition coefficient (Wildman–Crippen LogP) is 2.68. The Labute approximate surface area is 173 Å². The van der Waals surface area contributed by atoms with Gasteiger partial charge in [0, 0.05) is 38.8 Å². The zero-order valence-corrected chi connectivity index (χ0v) is 18.4. The van der Waals surface area contributed by atoms with Crippen LogP contribution in [0.25, 0.3) is 0 Å². The third-order valence-corrected chi connectivity index (χ3v) is 4.93. The van der Waals surface area contributed by atoms with Crippen molar-refractivity contribution in [2.24, 2.45) is 12.0 Å². The van der Waals surface area contributed by atoms with Gasteiger partial charge in [0.25, 0.3) is 0 Å². The molecule has 0 unspecified atom stereocenters. The van der Waals surface area contributed by atoms with Gasteiger partial charge in [-0.05, 0) is 33.1 Å². The molecule has 0 aromatic carbocycles. The molecule has 2 N–H and O–H groups in total. The zero-order chi connectivity index (χ0) is 21.1. The van der Waals surface area contributed by atoms with E-state index < -0.39 is 0 Å². The van der Waals surface area contributed by atoms with E-state index in [0.29, 0.717) is 25.0 Å². The summed E-state index contributed by atoms with van der Waals surface area (Å²) in [7, 11) is 1.94. The lowest BCUT2D eigenvalue weighted by atomic mass is 9.99. The third kappa shape index (κ3) is 7.16. The summed E-state index contributed by atoms with van der Waals surface area (Å²) in [6, 6.07) is 2.03. The Morgan fingerprint density at radius 2 is 2.03 bits per heavy atom. The molecule has 2 heterocycles. The molecule has 9 heteroatoms. The molecule has 2 aromatic heterocycles. The molecule has 0 saturated heterocycles. The van der Waals surface area contributed by atoms with E-state index in [1.807, 2.05) is 31.5 Å². The summed E-state index contributed by atoms with van der Waals surface area (Å²) in [6.07, 6.45) is 3.01. The summed E-state index contributed by atoms with van der Waals surface area (Å²) in [4.78, 5) is 4.64. The van der Waals surface area contributed by atoms with E-state index in [1.165, 1.54) is 0 Å². The average Bonchev–Trinajstić information content (AvgIpc) is 3.32. The van der Waals surface area contributed by atoms with Crippen LogP contribution in [-0.2, 0) is 24.9 Å². The van der Waals surface area contributed by atoms with Crippen LogP contribution in [0.3, 0.4) is 0 Å². The Balaban J connectivity index is 1.96. The second-order valence-electron chi connectivity index (χ2n) is 6.95. The maximum Gasteiger partial charge on any atom is 0.192 e. The van der Waals surface area contributed by atoms with Crippen molar-refractivity contribution < 1.29 is 9.26 Å². The predicted molar refractivity (Wildman–Crippen MR) is 113 cm³/mol. The van der Waals surface area contributed by atoms with Gasteiger partial charge in [-0.3, -0.25) is 0 Å². The fourth-order valence-corrected chi connectivity index (χ4v) is 2.92. The monoisotopic (exact) mass is 405 g/mol. The van der Waals surface area contributed by atoms with Crippen LogP contribution in [0.1, 0.15) is 69.1 Å². The van der Waals surface area contributed by atoms with Crippen molar-refractivity contribution in [1.82, 2.24) is 30.6 Å². The summed E-state index contributed by atoms with van der Waals surface area (Å²) in [6.45, 7) is 11.4. The minimum Gasteiger partial charge on any atom is -0.382 e. The smallest absolute Gasteiger partial charge is 0.192 e. The van der Waals surface area contributed by atoms with Crippen LogP contribution in [0, 0.1) is 6.92 Å². The molecule has 0 aliphatic heterocycles. The van der Waals surface area contributed by atoms with Gasteiger partial charge in [-0.1, -0.05) is 19.0 Å². The molecule has 162 valence electrons. The van der Waals surface area contributed by atoms with E-state index in [1.54, 1.807) is 0 Å². The summed E-state index contributed by atoms with van der Waals surface area (Å²) >= 11 is 0. The van der Waals surface area contributed by atoms with Crippen LogP contribution in [0.4, 0.5) is 0 Å². The van der Waals surface area contributed by atoms with Gasteiger partial charge in [0.05, 0.1) is 12.2 Å². The quantitative estimate of drug-likeness (QED) is 0.318. The fourth-order valence-electron chi connectivity index (χ4n) is 2.92. The zero-order valence-electron chi connectivity index (χ0n) is 18.4. The highest BCUT2D eigenvalue weighted by Gasteiger charge is 2.13. The van der Waals surface area contributed by atoms with Crippen LogP contribution < -0.4 is 10.6 Å². The SMILES string of the molecule is CCOCCCNC(=NCc1nnc(C)n1C)NCc1cc(C(CC)CC)no1. The largest absolute Gasteiger partial charge is 0.382 e. The van der Waals surface area contributed by atoms with Gasteiger partial charge < -0.3 is 24.5 Å². The van der Waals surface area contributed by atoms with Crippen LogP contribution in [0.2, 0.25) is 0 Å². The molecule has 0 atom stereocenters.